The van der Waals surface area contributed by atoms with Crippen LogP contribution in [0, 0.1) is 11.3 Å². The summed E-state index contributed by atoms with van der Waals surface area (Å²) in [5.41, 5.74) is 0.0230. The van der Waals surface area contributed by atoms with Crippen LogP contribution in [0.4, 0.5) is 0 Å². The van der Waals surface area contributed by atoms with E-state index in [1.165, 1.54) is 19.3 Å². The SMILES string of the molecule is CCCCC[C@]12C=C[C@@H]1CCC2=O. The Morgan fingerprint density at radius 1 is 1.54 bits per heavy atom. The molecule has 0 radical (unpaired) electrons. The van der Waals surface area contributed by atoms with Gasteiger partial charge in [-0.05, 0) is 18.8 Å². The number of ketones is 1. The van der Waals surface area contributed by atoms with Gasteiger partial charge in [0.15, 0.2) is 0 Å². The van der Waals surface area contributed by atoms with Gasteiger partial charge in [0.05, 0.1) is 5.41 Å². The van der Waals surface area contributed by atoms with Crippen LogP contribution in [0.5, 0.6) is 0 Å². The zero-order valence-corrected chi connectivity index (χ0v) is 8.38. The van der Waals surface area contributed by atoms with Crippen molar-refractivity contribution in [1.29, 1.82) is 0 Å². The summed E-state index contributed by atoms with van der Waals surface area (Å²) in [6, 6.07) is 0. The Labute approximate surface area is 80.2 Å². The molecule has 72 valence electrons. The minimum Gasteiger partial charge on any atom is -0.299 e. The molecule has 0 spiro atoms. The fourth-order valence-corrected chi connectivity index (χ4v) is 2.71. The van der Waals surface area contributed by atoms with Gasteiger partial charge in [-0.1, -0.05) is 38.3 Å². The molecule has 0 aromatic heterocycles. The lowest BCUT2D eigenvalue weighted by Gasteiger charge is -2.36. The number of rotatable bonds is 4. The predicted molar refractivity (Wildman–Crippen MR) is 53.4 cm³/mol. The van der Waals surface area contributed by atoms with E-state index >= 15 is 0 Å². The van der Waals surface area contributed by atoms with E-state index < -0.39 is 0 Å². The Morgan fingerprint density at radius 2 is 2.38 bits per heavy atom. The summed E-state index contributed by atoms with van der Waals surface area (Å²) < 4.78 is 0. The maximum absolute atomic E-state index is 11.7. The van der Waals surface area contributed by atoms with Crippen molar-refractivity contribution in [2.75, 3.05) is 0 Å². The number of carbonyl (C=O) groups is 1. The van der Waals surface area contributed by atoms with E-state index in [0.29, 0.717) is 11.7 Å². The second kappa shape index (κ2) is 3.28. The quantitative estimate of drug-likeness (QED) is 0.477. The zero-order valence-electron chi connectivity index (χ0n) is 8.38. The summed E-state index contributed by atoms with van der Waals surface area (Å²) in [4.78, 5) is 11.7. The normalized spacial score (nSPS) is 36.1. The lowest BCUT2D eigenvalue weighted by molar-refractivity contribution is -0.125. The van der Waals surface area contributed by atoms with Gasteiger partial charge in [-0.15, -0.1) is 0 Å². The Hall–Kier alpha value is -0.590. The predicted octanol–water partition coefficient (Wildman–Crippen LogP) is 3.10. The molecule has 0 N–H and O–H groups in total. The van der Waals surface area contributed by atoms with Gasteiger partial charge in [-0.3, -0.25) is 4.79 Å². The van der Waals surface area contributed by atoms with Gasteiger partial charge in [0, 0.05) is 6.42 Å². The molecular weight excluding hydrogens is 160 g/mol. The molecular formula is C12H18O. The highest BCUT2D eigenvalue weighted by molar-refractivity contribution is 5.91. The smallest absolute Gasteiger partial charge is 0.143 e. The Bertz CT molecular complexity index is 242. The first-order valence-corrected chi connectivity index (χ1v) is 5.52. The van der Waals surface area contributed by atoms with Crippen molar-refractivity contribution in [3.8, 4) is 0 Å². The topological polar surface area (TPSA) is 17.1 Å². The molecule has 1 saturated carbocycles. The molecule has 0 aliphatic heterocycles. The standard InChI is InChI=1S/C12H18O/c1-2-3-4-8-12-9-7-10(12)5-6-11(12)13/h7,9-10H,2-6,8H2,1H3/t10-,12-/m0/s1. The van der Waals surface area contributed by atoms with Gasteiger partial charge in [0.1, 0.15) is 5.78 Å². The van der Waals surface area contributed by atoms with Crippen molar-refractivity contribution < 1.29 is 4.79 Å². The molecule has 0 aromatic rings. The number of hydrogen-bond donors (Lipinski definition) is 0. The molecule has 2 rings (SSSR count). The first-order valence-electron chi connectivity index (χ1n) is 5.52. The minimum atomic E-state index is 0.0230. The van der Waals surface area contributed by atoms with Crippen LogP contribution in [0.2, 0.25) is 0 Å². The molecule has 1 fully saturated rings. The van der Waals surface area contributed by atoms with E-state index in [1.807, 2.05) is 0 Å². The zero-order chi connectivity index (χ0) is 9.31. The first kappa shape index (κ1) is 8.98. The van der Waals surface area contributed by atoms with Crippen molar-refractivity contribution in [2.24, 2.45) is 11.3 Å². The van der Waals surface area contributed by atoms with Crippen LogP contribution < -0.4 is 0 Å². The van der Waals surface area contributed by atoms with E-state index in [4.69, 9.17) is 0 Å². The Balaban J connectivity index is 1.95. The van der Waals surface area contributed by atoms with Crippen molar-refractivity contribution >= 4 is 5.78 Å². The summed E-state index contributed by atoms with van der Waals surface area (Å²) in [5, 5.41) is 0. The fourth-order valence-electron chi connectivity index (χ4n) is 2.71. The van der Waals surface area contributed by atoms with Gasteiger partial charge < -0.3 is 0 Å². The summed E-state index contributed by atoms with van der Waals surface area (Å²) in [5.74, 6) is 1.12. The third kappa shape index (κ3) is 1.25. The summed E-state index contributed by atoms with van der Waals surface area (Å²) >= 11 is 0. The van der Waals surface area contributed by atoms with Crippen LogP contribution in [0.1, 0.15) is 45.4 Å². The molecule has 0 bridgehead atoms. The summed E-state index contributed by atoms with van der Waals surface area (Å²) in [6.07, 6.45) is 11.2. The van der Waals surface area contributed by atoms with Crippen LogP contribution in [0.3, 0.4) is 0 Å². The van der Waals surface area contributed by atoms with Crippen LogP contribution in [0.15, 0.2) is 12.2 Å². The number of allylic oxidation sites excluding steroid dienone is 2. The Kier molecular flexibility index (Phi) is 2.27. The molecule has 0 saturated heterocycles. The monoisotopic (exact) mass is 178 g/mol. The minimum absolute atomic E-state index is 0.0230. The average Bonchev–Trinajstić information content (AvgIpc) is 2.29. The van der Waals surface area contributed by atoms with Gasteiger partial charge in [0.2, 0.25) is 0 Å². The number of unbranched alkanes of at least 4 members (excludes halogenated alkanes) is 2. The van der Waals surface area contributed by atoms with Crippen molar-refractivity contribution in [2.45, 2.75) is 45.4 Å². The molecule has 2 aliphatic rings. The van der Waals surface area contributed by atoms with Gasteiger partial charge in [-0.25, -0.2) is 0 Å². The van der Waals surface area contributed by atoms with E-state index in [1.54, 1.807) is 0 Å². The van der Waals surface area contributed by atoms with E-state index in [9.17, 15) is 4.79 Å². The number of fused-ring (bicyclic) bond motifs is 1. The molecule has 0 unspecified atom stereocenters. The van der Waals surface area contributed by atoms with E-state index in [0.717, 1.165) is 19.3 Å². The second-order valence-electron chi connectivity index (χ2n) is 4.42. The molecule has 0 aromatic carbocycles. The van der Waals surface area contributed by atoms with Gasteiger partial charge in [-0.2, -0.15) is 0 Å². The maximum atomic E-state index is 11.7. The van der Waals surface area contributed by atoms with Crippen molar-refractivity contribution in [1.82, 2.24) is 0 Å². The molecule has 0 heterocycles. The second-order valence-corrected chi connectivity index (χ2v) is 4.42. The van der Waals surface area contributed by atoms with Crippen LogP contribution in [-0.4, -0.2) is 5.78 Å². The lowest BCUT2D eigenvalue weighted by atomic mass is 9.66. The largest absolute Gasteiger partial charge is 0.299 e. The molecule has 13 heavy (non-hydrogen) atoms. The van der Waals surface area contributed by atoms with E-state index in [-0.39, 0.29) is 5.41 Å². The third-order valence-corrected chi connectivity index (χ3v) is 3.68. The van der Waals surface area contributed by atoms with Crippen LogP contribution in [0.25, 0.3) is 0 Å². The highest BCUT2D eigenvalue weighted by Crippen LogP contribution is 2.52. The average molecular weight is 178 g/mol. The highest BCUT2D eigenvalue weighted by atomic mass is 16.1. The number of Topliss-reactive ketones (excluding diaryl/α,β-unsaturated/α-hetero) is 1. The van der Waals surface area contributed by atoms with Crippen LogP contribution in [-0.2, 0) is 4.79 Å². The van der Waals surface area contributed by atoms with E-state index in [2.05, 4.69) is 19.1 Å². The number of carbonyl (C=O) groups excluding carboxylic acids is 1. The molecule has 2 aliphatic carbocycles. The summed E-state index contributed by atoms with van der Waals surface area (Å²) in [6.45, 7) is 2.21. The fraction of sp³-hybridized carbons (Fsp3) is 0.750. The van der Waals surface area contributed by atoms with Gasteiger partial charge in [0.25, 0.3) is 0 Å². The first-order chi connectivity index (χ1) is 6.29. The number of hydrogen-bond acceptors (Lipinski definition) is 1. The van der Waals surface area contributed by atoms with Crippen molar-refractivity contribution in [3.63, 3.8) is 0 Å². The lowest BCUT2D eigenvalue weighted by Crippen LogP contribution is -2.35. The summed E-state index contributed by atoms with van der Waals surface area (Å²) in [7, 11) is 0. The third-order valence-electron chi connectivity index (χ3n) is 3.68. The molecule has 0 amide bonds. The van der Waals surface area contributed by atoms with Crippen LogP contribution >= 0.6 is 0 Å². The molecule has 2 atom stereocenters. The molecule has 1 nitrogen and oxygen atoms in total. The van der Waals surface area contributed by atoms with Gasteiger partial charge >= 0.3 is 0 Å². The Morgan fingerprint density at radius 3 is 2.92 bits per heavy atom. The van der Waals surface area contributed by atoms with Crippen molar-refractivity contribution in [3.05, 3.63) is 12.2 Å². The molecule has 1 heteroatoms. The maximum Gasteiger partial charge on any atom is 0.143 e. The highest BCUT2D eigenvalue weighted by Gasteiger charge is 2.50.